The van der Waals surface area contributed by atoms with Crippen molar-refractivity contribution in [2.75, 3.05) is 5.32 Å². The molecular weight excluding hydrogens is 389 g/mol. The molecule has 9 heteroatoms. The first kappa shape index (κ1) is 18.3. The highest BCUT2D eigenvalue weighted by Gasteiger charge is 2.37. The zero-order valence-electron chi connectivity index (χ0n) is 14.8. The van der Waals surface area contributed by atoms with E-state index in [1.165, 1.54) is 6.42 Å². The molecule has 0 spiro atoms. The van der Waals surface area contributed by atoms with Gasteiger partial charge in [-0.25, -0.2) is 4.79 Å². The van der Waals surface area contributed by atoms with Crippen LogP contribution in [0.5, 0.6) is 0 Å². The van der Waals surface area contributed by atoms with Gasteiger partial charge in [0, 0.05) is 21.3 Å². The van der Waals surface area contributed by atoms with Crippen LogP contribution in [0.15, 0.2) is 29.5 Å². The minimum absolute atomic E-state index is 0.0526. The molecule has 1 aliphatic carbocycles. The summed E-state index contributed by atoms with van der Waals surface area (Å²) in [5.74, 6) is 0.0711. The van der Waals surface area contributed by atoms with Crippen molar-refractivity contribution in [1.82, 2.24) is 20.2 Å². The van der Waals surface area contributed by atoms with Crippen LogP contribution in [0.3, 0.4) is 0 Å². The van der Waals surface area contributed by atoms with Crippen molar-refractivity contribution in [1.29, 1.82) is 0 Å². The number of carbonyl (C=O) groups excluding carboxylic acids is 1. The zero-order chi connectivity index (χ0) is 19.0. The van der Waals surface area contributed by atoms with Crippen LogP contribution in [0.1, 0.15) is 50.6 Å². The van der Waals surface area contributed by atoms with E-state index in [0.717, 1.165) is 25.7 Å². The first-order chi connectivity index (χ1) is 13.0. The molecule has 0 amide bonds. The minimum Gasteiger partial charge on any atom is -0.459 e. The number of rotatable bonds is 3. The molecule has 1 aliphatic heterocycles. The first-order valence-corrected chi connectivity index (χ1v) is 9.72. The number of aromatic nitrogens is 4. The van der Waals surface area contributed by atoms with Gasteiger partial charge in [0.2, 0.25) is 5.95 Å². The molecule has 0 unspecified atom stereocenters. The summed E-state index contributed by atoms with van der Waals surface area (Å²) in [6, 6.07) is 4.57. The minimum atomic E-state index is -0.586. The number of benzene rings is 1. The Labute approximate surface area is 166 Å². The molecule has 0 radical (unpaired) electrons. The van der Waals surface area contributed by atoms with Gasteiger partial charge in [-0.2, -0.15) is 4.68 Å². The number of hydrogen-bond acceptors (Lipinski definition) is 6. The molecule has 1 aromatic carbocycles. The van der Waals surface area contributed by atoms with E-state index in [1.54, 1.807) is 22.9 Å². The molecule has 1 atom stereocenters. The molecule has 27 heavy (non-hydrogen) atoms. The summed E-state index contributed by atoms with van der Waals surface area (Å²) in [6.07, 6.45) is 5.09. The second-order valence-corrected chi connectivity index (χ2v) is 7.69. The Morgan fingerprint density at radius 1 is 1.26 bits per heavy atom. The van der Waals surface area contributed by atoms with Crippen LogP contribution in [0.2, 0.25) is 10.0 Å². The van der Waals surface area contributed by atoms with Crippen molar-refractivity contribution in [3.63, 3.8) is 0 Å². The van der Waals surface area contributed by atoms with Gasteiger partial charge in [-0.05, 0) is 55.2 Å². The molecule has 0 saturated heterocycles. The van der Waals surface area contributed by atoms with Crippen molar-refractivity contribution in [3.05, 3.63) is 45.1 Å². The molecule has 2 aliphatic rings. The van der Waals surface area contributed by atoms with Gasteiger partial charge < -0.3 is 10.1 Å². The van der Waals surface area contributed by atoms with E-state index < -0.39 is 6.04 Å². The predicted molar refractivity (Wildman–Crippen MR) is 102 cm³/mol. The van der Waals surface area contributed by atoms with E-state index in [2.05, 4.69) is 20.8 Å². The Hall–Kier alpha value is -2.12. The lowest BCUT2D eigenvalue weighted by Crippen LogP contribution is -2.32. The molecule has 4 rings (SSSR count). The van der Waals surface area contributed by atoms with Gasteiger partial charge in [0.05, 0.1) is 5.57 Å². The zero-order valence-corrected chi connectivity index (χ0v) is 16.3. The van der Waals surface area contributed by atoms with Crippen molar-refractivity contribution in [2.24, 2.45) is 0 Å². The normalized spacial score (nSPS) is 20.2. The molecule has 142 valence electrons. The number of anilines is 1. The Balaban J connectivity index is 1.73. The molecule has 2 heterocycles. The summed E-state index contributed by atoms with van der Waals surface area (Å²) in [6.45, 7) is 1.81. The van der Waals surface area contributed by atoms with E-state index in [9.17, 15) is 4.79 Å². The molecule has 1 saturated carbocycles. The monoisotopic (exact) mass is 407 g/mol. The fourth-order valence-electron chi connectivity index (χ4n) is 3.69. The number of ether oxygens (including phenoxy) is 1. The number of nitrogens with zero attached hydrogens (tertiary/aromatic N) is 4. The van der Waals surface area contributed by atoms with Crippen LogP contribution in [0, 0.1) is 0 Å². The summed E-state index contributed by atoms with van der Waals surface area (Å²) >= 11 is 12.5. The van der Waals surface area contributed by atoms with E-state index in [-0.39, 0.29) is 12.1 Å². The van der Waals surface area contributed by atoms with Gasteiger partial charge in [-0.3, -0.25) is 0 Å². The third-order valence-corrected chi connectivity index (χ3v) is 5.58. The Kier molecular flexibility index (Phi) is 5.06. The van der Waals surface area contributed by atoms with Gasteiger partial charge >= 0.3 is 5.97 Å². The average molecular weight is 408 g/mol. The maximum absolute atomic E-state index is 13.1. The van der Waals surface area contributed by atoms with Gasteiger partial charge in [0.15, 0.2) is 0 Å². The highest BCUT2D eigenvalue weighted by atomic mass is 35.5. The summed E-state index contributed by atoms with van der Waals surface area (Å²) in [7, 11) is 0. The van der Waals surface area contributed by atoms with Crippen molar-refractivity contribution >= 4 is 35.1 Å². The van der Waals surface area contributed by atoms with Crippen LogP contribution in [-0.2, 0) is 9.53 Å². The van der Waals surface area contributed by atoms with Crippen LogP contribution < -0.4 is 5.32 Å². The second kappa shape index (κ2) is 7.48. The van der Waals surface area contributed by atoms with Gasteiger partial charge in [0.1, 0.15) is 12.1 Å². The van der Waals surface area contributed by atoms with E-state index in [4.69, 9.17) is 27.9 Å². The van der Waals surface area contributed by atoms with E-state index in [0.29, 0.717) is 32.8 Å². The Morgan fingerprint density at radius 3 is 2.78 bits per heavy atom. The van der Waals surface area contributed by atoms with Crippen LogP contribution in [0.4, 0.5) is 5.95 Å². The summed E-state index contributed by atoms with van der Waals surface area (Å²) in [5, 5.41) is 15.8. The molecule has 0 bridgehead atoms. The fourth-order valence-corrected chi connectivity index (χ4v) is 4.20. The first-order valence-electron chi connectivity index (χ1n) is 8.96. The summed E-state index contributed by atoms with van der Waals surface area (Å²) in [4.78, 5) is 13.1. The van der Waals surface area contributed by atoms with Crippen LogP contribution in [0.25, 0.3) is 0 Å². The number of hydrogen-bond donors (Lipinski definition) is 1. The van der Waals surface area contributed by atoms with Crippen molar-refractivity contribution in [2.45, 2.75) is 51.2 Å². The number of carbonyl (C=O) groups is 1. The van der Waals surface area contributed by atoms with Gasteiger partial charge in [-0.1, -0.05) is 40.8 Å². The second-order valence-electron chi connectivity index (χ2n) is 6.84. The molecule has 1 N–H and O–H groups in total. The molecule has 1 fully saturated rings. The smallest absolute Gasteiger partial charge is 0.338 e. The van der Waals surface area contributed by atoms with Crippen molar-refractivity contribution in [3.8, 4) is 0 Å². The third kappa shape index (κ3) is 3.53. The van der Waals surface area contributed by atoms with Crippen molar-refractivity contribution < 1.29 is 9.53 Å². The number of tetrazole rings is 1. The third-order valence-electron chi connectivity index (χ3n) is 5.02. The number of fused-ring (bicyclic) bond motifs is 1. The molecule has 1 aromatic heterocycles. The van der Waals surface area contributed by atoms with E-state index in [1.807, 2.05) is 6.92 Å². The quantitative estimate of drug-likeness (QED) is 0.769. The summed E-state index contributed by atoms with van der Waals surface area (Å²) in [5.41, 5.74) is 1.78. The lowest BCUT2D eigenvalue weighted by Gasteiger charge is -2.30. The highest BCUT2D eigenvalue weighted by Crippen LogP contribution is 2.39. The Morgan fingerprint density at radius 2 is 2.04 bits per heavy atom. The standard InChI is InChI=1S/C18H19Cl2N5O2/c1-10-15(17(26)27-12-5-3-2-4-6-12)16(25-18(21-10)22-23-24-25)13-8-7-11(19)9-14(13)20/h7-9,12,16H,2-6H2,1H3,(H,21,22,24)/t16-/m1/s1. The highest BCUT2D eigenvalue weighted by molar-refractivity contribution is 6.35. The fraction of sp³-hybridized carbons (Fsp3) is 0.444. The van der Waals surface area contributed by atoms with Crippen LogP contribution >= 0.6 is 23.2 Å². The molecular formula is C18H19Cl2N5O2. The maximum Gasteiger partial charge on any atom is 0.338 e. The number of esters is 1. The lowest BCUT2D eigenvalue weighted by molar-refractivity contribution is -0.146. The maximum atomic E-state index is 13.1. The lowest BCUT2D eigenvalue weighted by atomic mass is 9.95. The average Bonchev–Trinajstić information content (AvgIpc) is 3.09. The largest absolute Gasteiger partial charge is 0.459 e. The van der Waals surface area contributed by atoms with Gasteiger partial charge in [0.25, 0.3) is 0 Å². The van der Waals surface area contributed by atoms with Gasteiger partial charge in [-0.15, -0.1) is 0 Å². The molecule has 7 nitrogen and oxygen atoms in total. The van der Waals surface area contributed by atoms with Crippen LogP contribution in [-0.4, -0.2) is 32.3 Å². The summed E-state index contributed by atoms with van der Waals surface area (Å²) < 4.78 is 7.36. The number of halogens is 2. The predicted octanol–water partition coefficient (Wildman–Crippen LogP) is 4.14. The Bertz CT molecular complexity index is 905. The molecule has 2 aromatic rings. The topological polar surface area (TPSA) is 81.9 Å². The number of nitrogens with one attached hydrogen (secondary N) is 1. The van der Waals surface area contributed by atoms with E-state index >= 15 is 0 Å². The SMILES string of the molecule is CC1=C(C(=O)OC2CCCCC2)[C@@H](c2ccc(Cl)cc2Cl)n2nnnc2N1. The number of allylic oxidation sites excluding steroid dienone is 1.